The molecule has 0 bridgehead atoms. The van der Waals surface area contributed by atoms with E-state index in [9.17, 15) is 13.2 Å². The van der Waals surface area contributed by atoms with E-state index in [0.717, 1.165) is 5.41 Å². The average molecular weight is 347 g/mol. The highest BCUT2D eigenvalue weighted by atomic mass is 32.2. The van der Waals surface area contributed by atoms with E-state index in [1.807, 2.05) is 10.8 Å². The van der Waals surface area contributed by atoms with E-state index in [2.05, 4.69) is 0 Å². The van der Waals surface area contributed by atoms with Crippen molar-refractivity contribution in [1.82, 2.24) is 4.72 Å². The van der Waals surface area contributed by atoms with Crippen molar-refractivity contribution < 1.29 is 22.7 Å². The summed E-state index contributed by atoms with van der Waals surface area (Å²) in [6.45, 7) is 0. The molecule has 126 valence electrons. The molecule has 0 radical (unpaired) electrons. The zero-order valence-corrected chi connectivity index (χ0v) is 14.0. The van der Waals surface area contributed by atoms with Crippen LogP contribution in [0.1, 0.15) is 15.9 Å². The maximum Gasteiger partial charge on any atom is 0.268 e. The first kappa shape index (κ1) is 17.6. The van der Waals surface area contributed by atoms with Crippen molar-refractivity contribution in [2.24, 2.45) is 0 Å². The van der Waals surface area contributed by atoms with Gasteiger partial charge in [-0.05, 0) is 29.8 Å². The first-order chi connectivity index (χ1) is 11.4. The highest BCUT2D eigenvalue weighted by Crippen LogP contribution is 2.24. The third-order valence-electron chi connectivity index (χ3n) is 3.13. The zero-order chi connectivity index (χ0) is 17.6. The molecule has 24 heavy (non-hydrogen) atoms. The van der Waals surface area contributed by atoms with Crippen molar-refractivity contribution in [3.63, 3.8) is 0 Å². The van der Waals surface area contributed by atoms with Gasteiger partial charge in [0.1, 0.15) is 11.5 Å². The lowest BCUT2D eigenvalue weighted by Crippen LogP contribution is -2.29. The molecule has 0 aromatic heterocycles. The van der Waals surface area contributed by atoms with Gasteiger partial charge in [-0.25, -0.2) is 13.1 Å². The quantitative estimate of drug-likeness (QED) is 0.868. The second-order valence-corrected chi connectivity index (χ2v) is 6.32. The summed E-state index contributed by atoms with van der Waals surface area (Å²) in [5.41, 5.74) is 0.767. The SMILES string of the molecule is COc1ccc(OC)c(C(=O)NS(=O)(=O)/C=C/c2ccccc2)c1. The van der Waals surface area contributed by atoms with Crippen molar-refractivity contribution in [2.75, 3.05) is 14.2 Å². The monoisotopic (exact) mass is 347 g/mol. The summed E-state index contributed by atoms with van der Waals surface area (Å²) in [5.74, 6) is -0.142. The molecule has 0 saturated heterocycles. The van der Waals surface area contributed by atoms with Crippen molar-refractivity contribution in [3.8, 4) is 11.5 Å². The Kier molecular flexibility index (Phi) is 5.59. The predicted octanol–water partition coefficient (Wildman–Crippen LogP) is 2.43. The fourth-order valence-electron chi connectivity index (χ4n) is 1.94. The summed E-state index contributed by atoms with van der Waals surface area (Å²) in [6.07, 6.45) is 1.40. The summed E-state index contributed by atoms with van der Waals surface area (Å²) in [6, 6.07) is 13.4. The molecule has 1 amide bonds. The minimum absolute atomic E-state index is 0.0635. The van der Waals surface area contributed by atoms with Gasteiger partial charge in [-0.1, -0.05) is 30.3 Å². The van der Waals surface area contributed by atoms with Crippen LogP contribution < -0.4 is 14.2 Å². The van der Waals surface area contributed by atoms with E-state index < -0.39 is 15.9 Å². The van der Waals surface area contributed by atoms with E-state index in [0.29, 0.717) is 11.3 Å². The number of benzene rings is 2. The van der Waals surface area contributed by atoms with Crippen molar-refractivity contribution >= 4 is 22.0 Å². The molecular weight excluding hydrogens is 330 g/mol. The molecule has 0 atom stereocenters. The molecular formula is C17H17NO5S. The topological polar surface area (TPSA) is 81.7 Å². The predicted molar refractivity (Wildman–Crippen MR) is 91.4 cm³/mol. The molecule has 0 saturated carbocycles. The molecule has 0 heterocycles. The largest absolute Gasteiger partial charge is 0.497 e. The molecule has 2 aromatic rings. The Morgan fingerprint density at radius 3 is 2.38 bits per heavy atom. The Labute approximate surface area is 140 Å². The number of amides is 1. The highest BCUT2D eigenvalue weighted by Gasteiger charge is 2.18. The van der Waals surface area contributed by atoms with Crippen LogP contribution in [0.15, 0.2) is 53.9 Å². The van der Waals surface area contributed by atoms with Gasteiger partial charge in [0.25, 0.3) is 15.9 Å². The number of nitrogens with one attached hydrogen (secondary N) is 1. The summed E-state index contributed by atoms with van der Waals surface area (Å²) < 4.78 is 36.2. The molecule has 0 aliphatic carbocycles. The van der Waals surface area contributed by atoms with Gasteiger partial charge in [-0.3, -0.25) is 4.79 Å². The maximum atomic E-state index is 12.3. The normalized spacial score (nSPS) is 11.2. The van der Waals surface area contributed by atoms with E-state index in [1.165, 1.54) is 32.4 Å². The molecule has 0 fully saturated rings. The molecule has 6 nitrogen and oxygen atoms in total. The minimum atomic E-state index is -3.95. The van der Waals surface area contributed by atoms with Crippen LogP contribution in [0.25, 0.3) is 6.08 Å². The summed E-state index contributed by atoms with van der Waals surface area (Å²) >= 11 is 0. The fourth-order valence-corrected chi connectivity index (χ4v) is 2.71. The first-order valence-electron chi connectivity index (χ1n) is 6.97. The lowest BCUT2D eigenvalue weighted by molar-refractivity contribution is 0.0978. The Morgan fingerprint density at radius 2 is 1.75 bits per heavy atom. The standard InChI is InChI=1S/C17H17NO5S/c1-22-14-8-9-16(23-2)15(12-14)17(19)18-24(20,21)11-10-13-6-4-3-5-7-13/h3-12H,1-2H3,(H,18,19)/b11-10+. The number of ether oxygens (including phenoxy) is 2. The van der Waals surface area contributed by atoms with Crippen LogP contribution >= 0.6 is 0 Å². The van der Waals surface area contributed by atoms with Gasteiger partial charge >= 0.3 is 0 Å². The Hall–Kier alpha value is -2.80. The maximum absolute atomic E-state index is 12.3. The molecule has 7 heteroatoms. The van der Waals surface area contributed by atoms with Crippen LogP contribution in [-0.2, 0) is 10.0 Å². The zero-order valence-electron chi connectivity index (χ0n) is 13.2. The highest BCUT2D eigenvalue weighted by molar-refractivity contribution is 7.93. The minimum Gasteiger partial charge on any atom is -0.497 e. The van der Waals surface area contributed by atoms with Gasteiger partial charge in [-0.2, -0.15) is 0 Å². The van der Waals surface area contributed by atoms with Crippen molar-refractivity contribution in [3.05, 3.63) is 65.1 Å². The van der Waals surface area contributed by atoms with Gasteiger partial charge in [0.2, 0.25) is 0 Å². The van der Waals surface area contributed by atoms with Crippen LogP contribution in [0.4, 0.5) is 0 Å². The van der Waals surface area contributed by atoms with Crippen LogP contribution in [0.3, 0.4) is 0 Å². The van der Waals surface area contributed by atoms with Gasteiger partial charge < -0.3 is 9.47 Å². The first-order valence-corrected chi connectivity index (χ1v) is 8.52. The third kappa shape index (κ3) is 4.60. The van der Waals surface area contributed by atoms with Gasteiger partial charge in [0, 0.05) is 0 Å². The second kappa shape index (κ2) is 7.65. The molecule has 0 aliphatic heterocycles. The number of carbonyl (C=O) groups is 1. The summed E-state index contributed by atoms with van der Waals surface area (Å²) in [4.78, 5) is 12.3. The number of hydrogen-bond acceptors (Lipinski definition) is 5. The van der Waals surface area contributed by atoms with Gasteiger partial charge in [0.05, 0.1) is 25.2 Å². The molecule has 0 unspecified atom stereocenters. The third-order valence-corrected chi connectivity index (χ3v) is 4.09. The van der Waals surface area contributed by atoms with Crippen LogP contribution in [0, 0.1) is 0 Å². The van der Waals surface area contributed by atoms with Crippen LogP contribution in [0.5, 0.6) is 11.5 Å². The lowest BCUT2D eigenvalue weighted by atomic mass is 10.2. The Bertz CT molecular complexity index is 845. The lowest BCUT2D eigenvalue weighted by Gasteiger charge is -2.10. The molecule has 1 N–H and O–H groups in total. The van der Waals surface area contributed by atoms with Crippen molar-refractivity contribution in [1.29, 1.82) is 0 Å². The van der Waals surface area contributed by atoms with Gasteiger partial charge in [0.15, 0.2) is 0 Å². The van der Waals surface area contributed by atoms with E-state index in [1.54, 1.807) is 30.3 Å². The number of rotatable bonds is 6. The van der Waals surface area contributed by atoms with Crippen molar-refractivity contribution in [2.45, 2.75) is 0 Å². The second-order valence-electron chi connectivity index (χ2n) is 4.76. The van der Waals surface area contributed by atoms with Gasteiger partial charge in [-0.15, -0.1) is 0 Å². The van der Waals surface area contributed by atoms with E-state index in [4.69, 9.17) is 9.47 Å². The summed E-state index contributed by atoms with van der Waals surface area (Å²) in [5, 5.41) is 0.937. The van der Waals surface area contributed by atoms with E-state index in [-0.39, 0.29) is 11.3 Å². The van der Waals surface area contributed by atoms with E-state index >= 15 is 0 Å². The number of carbonyl (C=O) groups excluding carboxylic acids is 1. The Morgan fingerprint density at radius 1 is 1.04 bits per heavy atom. The average Bonchev–Trinajstić information content (AvgIpc) is 2.60. The number of methoxy groups -OCH3 is 2. The van der Waals surface area contributed by atoms with Crippen LogP contribution in [0.2, 0.25) is 0 Å². The Balaban J connectivity index is 2.20. The fraction of sp³-hybridized carbons (Fsp3) is 0.118. The molecule has 2 aromatic carbocycles. The summed E-state index contributed by atoms with van der Waals surface area (Å²) in [7, 11) is -1.11. The van der Waals surface area contributed by atoms with Crippen LogP contribution in [-0.4, -0.2) is 28.5 Å². The number of sulfonamides is 1. The smallest absolute Gasteiger partial charge is 0.268 e. The molecule has 0 spiro atoms. The number of hydrogen-bond donors (Lipinski definition) is 1. The molecule has 0 aliphatic rings. The molecule has 2 rings (SSSR count).